The quantitative estimate of drug-likeness (QED) is 0.772. The van der Waals surface area contributed by atoms with E-state index >= 15 is 0 Å². The highest BCUT2D eigenvalue weighted by atomic mass is 127. The number of nitrogens with one attached hydrogen (secondary N) is 1. The summed E-state index contributed by atoms with van der Waals surface area (Å²) in [5.41, 5.74) is 0. The minimum atomic E-state index is 0.575. The lowest BCUT2D eigenvalue weighted by Crippen LogP contribution is -1.97. The lowest BCUT2D eigenvalue weighted by atomic mass is 10.3. The van der Waals surface area contributed by atoms with E-state index in [4.69, 9.17) is 4.74 Å². The fourth-order valence-electron chi connectivity index (χ4n) is 1.37. The van der Waals surface area contributed by atoms with E-state index in [9.17, 15) is 0 Å². The Bertz CT molecular complexity index is 484. The average Bonchev–Trinajstić information content (AvgIpc) is 2.84. The first kappa shape index (κ1) is 13.6. The van der Waals surface area contributed by atoms with Gasteiger partial charge in [-0.25, -0.2) is 4.98 Å². The van der Waals surface area contributed by atoms with E-state index in [-0.39, 0.29) is 0 Å². The average molecular weight is 374 g/mol. The Morgan fingerprint density at radius 3 is 2.83 bits per heavy atom. The highest BCUT2D eigenvalue weighted by Gasteiger charge is 2.02. The molecule has 1 heterocycles. The normalized spacial score (nSPS) is 10.3. The summed E-state index contributed by atoms with van der Waals surface area (Å²) < 4.78 is 6.92. The van der Waals surface area contributed by atoms with Crippen LogP contribution in [0.3, 0.4) is 0 Å². The number of thiazole rings is 1. The lowest BCUT2D eigenvalue weighted by molar-refractivity contribution is 0.309. The molecule has 0 unspecified atom stereocenters. The molecule has 0 bridgehead atoms. The van der Waals surface area contributed by atoms with Crippen LogP contribution in [0.25, 0.3) is 0 Å². The molecule has 96 valence electrons. The van der Waals surface area contributed by atoms with Crippen molar-refractivity contribution in [2.24, 2.45) is 0 Å². The summed E-state index contributed by atoms with van der Waals surface area (Å²) >= 11 is 3.93. The summed E-state index contributed by atoms with van der Waals surface area (Å²) in [6.45, 7) is 3.68. The molecule has 0 aliphatic heterocycles. The molecule has 0 amide bonds. The maximum absolute atomic E-state index is 5.70. The number of halogens is 1. The van der Waals surface area contributed by atoms with E-state index in [2.05, 4.69) is 39.8 Å². The van der Waals surface area contributed by atoms with E-state index in [0.29, 0.717) is 6.61 Å². The maximum Gasteiger partial charge on any atom is 0.182 e. The summed E-state index contributed by atoms with van der Waals surface area (Å²) in [5.74, 6) is 0.895. The third-order valence-electron chi connectivity index (χ3n) is 2.27. The molecular weight excluding hydrogens is 359 g/mol. The zero-order chi connectivity index (χ0) is 12.8. The topological polar surface area (TPSA) is 34.2 Å². The Labute approximate surface area is 125 Å². The third kappa shape index (κ3) is 4.13. The second-order valence-electron chi connectivity index (χ2n) is 3.80. The van der Waals surface area contributed by atoms with Gasteiger partial charge in [0.2, 0.25) is 0 Å². The van der Waals surface area contributed by atoms with Gasteiger partial charge in [0.1, 0.15) is 12.4 Å². The molecule has 5 heteroatoms. The minimum absolute atomic E-state index is 0.575. The molecule has 18 heavy (non-hydrogen) atoms. The highest BCUT2D eigenvalue weighted by Crippen LogP contribution is 2.21. The van der Waals surface area contributed by atoms with Gasteiger partial charge in [-0.1, -0.05) is 18.3 Å². The van der Waals surface area contributed by atoms with Gasteiger partial charge in [-0.3, -0.25) is 0 Å². The van der Waals surface area contributed by atoms with Crippen LogP contribution in [0.1, 0.15) is 18.2 Å². The number of ether oxygens (including phenoxy) is 1. The van der Waals surface area contributed by atoms with Gasteiger partial charge in [0.25, 0.3) is 0 Å². The molecule has 0 radical (unpaired) electrons. The smallest absolute Gasteiger partial charge is 0.182 e. The fourth-order valence-corrected chi connectivity index (χ4v) is 2.48. The van der Waals surface area contributed by atoms with Crippen molar-refractivity contribution in [1.82, 2.24) is 4.98 Å². The summed E-state index contributed by atoms with van der Waals surface area (Å²) in [6.07, 6.45) is 2.98. The molecule has 1 N–H and O–H groups in total. The molecule has 2 rings (SSSR count). The van der Waals surface area contributed by atoms with Crippen molar-refractivity contribution in [2.75, 3.05) is 11.9 Å². The monoisotopic (exact) mass is 374 g/mol. The molecule has 0 spiro atoms. The molecule has 2 aromatic rings. The number of benzene rings is 1. The Morgan fingerprint density at radius 1 is 1.33 bits per heavy atom. The molecule has 0 atom stereocenters. The van der Waals surface area contributed by atoms with Crippen LogP contribution in [0.2, 0.25) is 0 Å². The summed E-state index contributed by atoms with van der Waals surface area (Å²) in [5, 5.41) is 4.24. The van der Waals surface area contributed by atoms with E-state index in [1.807, 2.05) is 30.5 Å². The van der Waals surface area contributed by atoms with Crippen LogP contribution < -0.4 is 10.1 Å². The Hall–Kier alpha value is -0.820. The zero-order valence-electron chi connectivity index (χ0n) is 10.1. The van der Waals surface area contributed by atoms with Crippen molar-refractivity contribution in [2.45, 2.75) is 20.0 Å². The Balaban J connectivity index is 1.86. The van der Waals surface area contributed by atoms with Crippen LogP contribution in [-0.4, -0.2) is 11.5 Å². The van der Waals surface area contributed by atoms with Gasteiger partial charge in [0, 0.05) is 16.3 Å². The molecule has 0 aliphatic carbocycles. The van der Waals surface area contributed by atoms with E-state index in [0.717, 1.165) is 28.7 Å². The molecule has 0 saturated carbocycles. The van der Waals surface area contributed by atoms with E-state index in [1.54, 1.807) is 11.3 Å². The van der Waals surface area contributed by atoms with Gasteiger partial charge in [0.05, 0.1) is 4.88 Å². The molecule has 0 fully saturated rings. The van der Waals surface area contributed by atoms with Crippen LogP contribution in [0, 0.1) is 3.57 Å². The van der Waals surface area contributed by atoms with Crippen LogP contribution in [0.5, 0.6) is 5.75 Å². The predicted octanol–water partition coefficient (Wildman–Crippen LogP) is 4.15. The fraction of sp³-hybridized carbons (Fsp3) is 0.308. The largest absolute Gasteiger partial charge is 0.488 e. The second-order valence-corrected chi connectivity index (χ2v) is 6.16. The van der Waals surface area contributed by atoms with Crippen molar-refractivity contribution >= 4 is 39.1 Å². The first-order valence-electron chi connectivity index (χ1n) is 5.85. The van der Waals surface area contributed by atoms with Gasteiger partial charge in [0.15, 0.2) is 5.13 Å². The number of hydrogen-bond acceptors (Lipinski definition) is 4. The summed E-state index contributed by atoms with van der Waals surface area (Å²) in [4.78, 5) is 5.44. The Kier molecular flexibility index (Phi) is 5.25. The van der Waals surface area contributed by atoms with Crippen LogP contribution in [0.15, 0.2) is 30.5 Å². The predicted molar refractivity (Wildman–Crippen MR) is 84.4 cm³/mol. The highest BCUT2D eigenvalue weighted by molar-refractivity contribution is 14.1. The molecule has 3 nitrogen and oxygen atoms in total. The van der Waals surface area contributed by atoms with Crippen LogP contribution in [0.4, 0.5) is 5.13 Å². The van der Waals surface area contributed by atoms with Gasteiger partial charge < -0.3 is 10.1 Å². The zero-order valence-corrected chi connectivity index (χ0v) is 13.1. The van der Waals surface area contributed by atoms with E-state index in [1.165, 1.54) is 3.57 Å². The molecule has 0 saturated heterocycles. The number of anilines is 1. The van der Waals surface area contributed by atoms with Crippen molar-refractivity contribution in [1.29, 1.82) is 0 Å². The number of hydrogen-bond donors (Lipinski definition) is 1. The van der Waals surface area contributed by atoms with Crippen molar-refractivity contribution in [3.05, 3.63) is 38.9 Å². The maximum atomic E-state index is 5.70. The van der Waals surface area contributed by atoms with Crippen molar-refractivity contribution < 1.29 is 4.74 Å². The van der Waals surface area contributed by atoms with E-state index < -0.39 is 0 Å². The van der Waals surface area contributed by atoms with Crippen LogP contribution >= 0.6 is 33.9 Å². The van der Waals surface area contributed by atoms with Gasteiger partial charge >= 0.3 is 0 Å². The summed E-state index contributed by atoms with van der Waals surface area (Å²) in [6, 6.07) is 8.05. The molecular formula is C13H15IN2OS. The first-order chi connectivity index (χ1) is 8.78. The number of rotatable bonds is 6. The first-order valence-corrected chi connectivity index (χ1v) is 7.74. The van der Waals surface area contributed by atoms with Crippen molar-refractivity contribution in [3.63, 3.8) is 0 Å². The standard InChI is InChI=1S/C13H15IN2OS/c1-2-7-15-13-16-8-12(18-13)9-17-11-5-3-10(14)4-6-11/h3-6,8H,2,7,9H2,1H3,(H,15,16). The van der Waals surface area contributed by atoms with Gasteiger partial charge in [-0.05, 0) is 53.3 Å². The molecule has 1 aromatic heterocycles. The molecule has 1 aromatic carbocycles. The van der Waals surface area contributed by atoms with Gasteiger partial charge in [-0.15, -0.1) is 0 Å². The Morgan fingerprint density at radius 2 is 2.11 bits per heavy atom. The second kappa shape index (κ2) is 6.94. The van der Waals surface area contributed by atoms with Crippen molar-refractivity contribution in [3.8, 4) is 5.75 Å². The van der Waals surface area contributed by atoms with Gasteiger partial charge in [-0.2, -0.15) is 0 Å². The lowest BCUT2D eigenvalue weighted by Gasteiger charge is -2.03. The number of nitrogens with zero attached hydrogens (tertiary/aromatic N) is 1. The summed E-state index contributed by atoms with van der Waals surface area (Å²) in [7, 11) is 0. The molecule has 0 aliphatic rings. The third-order valence-corrected chi connectivity index (χ3v) is 3.92. The number of aromatic nitrogens is 1. The minimum Gasteiger partial charge on any atom is -0.488 e. The van der Waals surface area contributed by atoms with Crippen LogP contribution in [-0.2, 0) is 6.61 Å². The SMILES string of the molecule is CCCNc1ncc(COc2ccc(I)cc2)s1.